The third-order valence-corrected chi connectivity index (χ3v) is 5.26. The summed E-state index contributed by atoms with van der Waals surface area (Å²) in [5.74, 6) is 0.685. The maximum Gasteiger partial charge on any atom is 0.275 e. The molecular weight excluding hydrogens is 300 g/mol. The van der Waals surface area contributed by atoms with Gasteiger partial charge in [-0.05, 0) is 31.2 Å². The molecule has 0 radical (unpaired) electrons. The first kappa shape index (κ1) is 15.4. The van der Waals surface area contributed by atoms with Crippen molar-refractivity contribution in [3.8, 4) is 0 Å². The van der Waals surface area contributed by atoms with E-state index in [2.05, 4.69) is 34.6 Å². The topological polar surface area (TPSA) is 61.0 Å². The molecule has 2 aliphatic rings. The van der Waals surface area contributed by atoms with Crippen LogP contribution in [-0.2, 0) is 19.5 Å². The van der Waals surface area contributed by atoms with Gasteiger partial charge in [0.2, 0.25) is 0 Å². The van der Waals surface area contributed by atoms with Crippen LogP contribution in [0.2, 0.25) is 0 Å². The van der Waals surface area contributed by atoms with Gasteiger partial charge in [0, 0.05) is 43.4 Å². The van der Waals surface area contributed by atoms with Crippen molar-refractivity contribution >= 4 is 5.91 Å². The predicted molar refractivity (Wildman–Crippen MR) is 92.5 cm³/mol. The molecule has 0 saturated heterocycles. The Kier molecular flexibility index (Phi) is 4.10. The molecule has 5 heteroatoms. The zero-order chi connectivity index (χ0) is 16.5. The van der Waals surface area contributed by atoms with Crippen LogP contribution < -0.4 is 5.32 Å². The summed E-state index contributed by atoms with van der Waals surface area (Å²) in [5.41, 5.74) is 3.92. The maximum atomic E-state index is 13.3. The summed E-state index contributed by atoms with van der Waals surface area (Å²) in [4.78, 5) is 15.3. The first-order valence-electron chi connectivity index (χ1n) is 8.86. The van der Waals surface area contributed by atoms with Crippen LogP contribution in [0.15, 0.2) is 30.3 Å². The lowest BCUT2D eigenvalue weighted by Crippen LogP contribution is -2.40. The van der Waals surface area contributed by atoms with Crippen LogP contribution in [0.4, 0.5) is 0 Å². The van der Waals surface area contributed by atoms with Crippen molar-refractivity contribution in [3.05, 3.63) is 52.8 Å². The number of rotatable bonds is 5. The van der Waals surface area contributed by atoms with E-state index in [1.54, 1.807) is 0 Å². The lowest BCUT2D eigenvalue weighted by atomic mass is 10.0. The van der Waals surface area contributed by atoms with Crippen LogP contribution in [0, 0.1) is 5.92 Å². The standard InChI is InChI=1S/C19H24N4O/c1-13(15-7-8-15)23(12-14-5-3-2-4-6-14)19(24)18-16-11-20-10-9-17(16)21-22-18/h2-6,13,15,20H,7-12H2,1H3,(H,21,22). The minimum Gasteiger partial charge on any atom is -0.330 e. The lowest BCUT2D eigenvalue weighted by molar-refractivity contribution is 0.0646. The predicted octanol–water partition coefficient (Wildman–Crippen LogP) is 2.50. The zero-order valence-electron chi connectivity index (χ0n) is 14.1. The highest BCUT2D eigenvalue weighted by molar-refractivity contribution is 5.94. The second kappa shape index (κ2) is 6.40. The second-order valence-electron chi connectivity index (χ2n) is 6.95. The molecule has 126 valence electrons. The minimum atomic E-state index is 0.0550. The van der Waals surface area contributed by atoms with Gasteiger partial charge in [0.25, 0.3) is 5.91 Å². The molecule has 1 aromatic heterocycles. The Morgan fingerprint density at radius 1 is 1.33 bits per heavy atom. The van der Waals surface area contributed by atoms with Crippen LogP contribution in [0.25, 0.3) is 0 Å². The van der Waals surface area contributed by atoms with E-state index in [1.807, 2.05) is 23.1 Å². The number of benzene rings is 1. The molecule has 2 heterocycles. The first-order valence-corrected chi connectivity index (χ1v) is 8.86. The fourth-order valence-corrected chi connectivity index (χ4v) is 3.55. The van der Waals surface area contributed by atoms with Crippen LogP contribution in [0.3, 0.4) is 0 Å². The van der Waals surface area contributed by atoms with E-state index in [-0.39, 0.29) is 11.9 Å². The van der Waals surface area contributed by atoms with E-state index in [4.69, 9.17) is 0 Å². The smallest absolute Gasteiger partial charge is 0.275 e. The monoisotopic (exact) mass is 324 g/mol. The summed E-state index contributed by atoms with van der Waals surface area (Å²) >= 11 is 0. The number of carbonyl (C=O) groups is 1. The number of fused-ring (bicyclic) bond motifs is 1. The van der Waals surface area contributed by atoms with Crippen molar-refractivity contribution < 1.29 is 4.79 Å². The molecule has 4 rings (SSSR count). The number of amides is 1. The SMILES string of the molecule is CC(C1CC1)N(Cc1ccccc1)C(=O)c1n[nH]c2c1CNCC2. The molecule has 5 nitrogen and oxygen atoms in total. The van der Waals surface area contributed by atoms with E-state index in [0.717, 1.165) is 30.8 Å². The lowest BCUT2D eigenvalue weighted by Gasteiger charge is -2.29. The largest absolute Gasteiger partial charge is 0.330 e. The number of nitrogens with one attached hydrogen (secondary N) is 2. The Morgan fingerprint density at radius 2 is 2.12 bits per heavy atom. The molecule has 1 aliphatic carbocycles. The number of hydrogen-bond acceptors (Lipinski definition) is 3. The highest BCUT2D eigenvalue weighted by Gasteiger charge is 2.36. The van der Waals surface area contributed by atoms with Gasteiger partial charge in [0.05, 0.1) is 0 Å². The number of H-pyrrole nitrogens is 1. The summed E-state index contributed by atoms with van der Waals surface area (Å²) in [5, 5.41) is 10.8. The van der Waals surface area contributed by atoms with Gasteiger partial charge in [-0.3, -0.25) is 9.89 Å². The maximum absolute atomic E-state index is 13.3. The molecule has 2 N–H and O–H groups in total. The van der Waals surface area contributed by atoms with Crippen molar-refractivity contribution in [1.29, 1.82) is 0 Å². The molecule has 0 spiro atoms. The average molecular weight is 324 g/mol. The van der Waals surface area contributed by atoms with E-state index in [0.29, 0.717) is 18.2 Å². The molecule has 1 aliphatic heterocycles. The van der Waals surface area contributed by atoms with Gasteiger partial charge >= 0.3 is 0 Å². The van der Waals surface area contributed by atoms with Gasteiger partial charge in [-0.1, -0.05) is 30.3 Å². The Morgan fingerprint density at radius 3 is 2.88 bits per heavy atom. The quantitative estimate of drug-likeness (QED) is 0.888. The molecule has 0 bridgehead atoms. The minimum absolute atomic E-state index is 0.0550. The van der Waals surface area contributed by atoms with Gasteiger partial charge in [-0.15, -0.1) is 0 Å². The second-order valence-corrected chi connectivity index (χ2v) is 6.95. The van der Waals surface area contributed by atoms with Crippen LogP contribution >= 0.6 is 0 Å². The number of hydrogen-bond donors (Lipinski definition) is 2. The molecule has 2 aromatic rings. The van der Waals surface area contributed by atoms with Crippen LogP contribution in [-0.4, -0.2) is 33.6 Å². The first-order chi connectivity index (χ1) is 11.7. The summed E-state index contributed by atoms with van der Waals surface area (Å²) in [7, 11) is 0. The van der Waals surface area contributed by atoms with E-state index >= 15 is 0 Å². The van der Waals surface area contributed by atoms with Crippen LogP contribution in [0.5, 0.6) is 0 Å². The molecule has 1 aromatic carbocycles. The fourth-order valence-electron chi connectivity index (χ4n) is 3.55. The van der Waals surface area contributed by atoms with Crippen molar-refractivity contribution in [2.45, 2.75) is 45.3 Å². The van der Waals surface area contributed by atoms with E-state index in [9.17, 15) is 4.79 Å². The molecule has 24 heavy (non-hydrogen) atoms. The number of nitrogens with zero attached hydrogens (tertiary/aromatic N) is 2. The van der Waals surface area contributed by atoms with Gasteiger partial charge in [0.15, 0.2) is 5.69 Å². The van der Waals surface area contributed by atoms with Gasteiger partial charge in [-0.2, -0.15) is 5.10 Å². The molecule has 1 fully saturated rings. The van der Waals surface area contributed by atoms with E-state index in [1.165, 1.54) is 18.4 Å². The highest BCUT2D eigenvalue weighted by atomic mass is 16.2. The van der Waals surface area contributed by atoms with Gasteiger partial charge in [-0.25, -0.2) is 0 Å². The van der Waals surface area contributed by atoms with Crippen molar-refractivity contribution in [2.75, 3.05) is 6.54 Å². The molecule has 1 saturated carbocycles. The number of aromatic amines is 1. The summed E-state index contributed by atoms with van der Waals surface area (Å²) in [6.45, 7) is 4.49. The normalized spacial score (nSPS) is 18.0. The van der Waals surface area contributed by atoms with Gasteiger partial charge in [0.1, 0.15) is 0 Å². The molecule has 1 unspecified atom stereocenters. The Hall–Kier alpha value is -2.14. The number of aromatic nitrogens is 2. The Labute approximate surface area is 142 Å². The van der Waals surface area contributed by atoms with E-state index < -0.39 is 0 Å². The fraction of sp³-hybridized carbons (Fsp3) is 0.474. The summed E-state index contributed by atoms with van der Waals surface area (Å²) in [6, 6.07) is 10.5. The van der Waals surface area contributed by atoms with Crippen molar-refractivity contribution in [2.24, 2.45) is 5.92 Å². The highest BCUT2D eigenvalue weighted by Crippen LogP contribution is 2.36. The molecule has 1 amide bonds. The molecular formula is C19H24N4O. The van der Waals surface area contributed by atoms with Crippen molar-refractivity contribution in [1.82, 2.24) is 20.4 Å². The third-order valence-electron chi connectivity index (χ3n) is 5.26. The van der Waals surface area contributed by atoms with Gasteiger partial charge < -0.3 is 10.2 Å². The Bertz CT molecular complexity index is 720. The molecule has 1 atom stereocenters. The zero-order valence-corrected chi connectivity index (χ0v) is 14.1. The number of carbonyl (C=O) groups excluding carboxylic acids is 1. The Balaban J connectivity index is 1.62. The summed E-state index contributed by atoms with van der Waals surface area (Å²) in [6.07, 6.45) is 3.35. The summed E-state index contributed by atoms with van der Waals surface area (Å²) < 4.78 is 0. The average Bonchev–Trinajstić information content (AvgIpc) is 3.39. The third kappa shape index (κ3) is 2.96. The van der Waals surface area contributed by atoms with Crippen LogP contribution in [0.1, 0.15) is 47.1 Å². The van der Waals surface area contributed by atoms with Crippen molar-refractivity contribution in [3.63, 3.8) is 0 Å².